The summed E-state index contributed by atoms with van der Waals surface area (Å²) in [5.41, 5.74) is 1.16. The van der Waals surface area contributed by atoms with Crippen LogP contribution in [0.25, 0.3) is 0 Å². The summed E-state index contributed by atoms with van der Waals surface area (Å²) in [6, 6.07) is 29.4. The topological polar surface area (TPSA) is 27.7 Å². The van der Waals surface area contributed by atoms with Crippen LogP contribution in [0.15, 0.2) is 115 Å². The first-order valence-corrected chi connectivity index (χ1v) is 11.7. The average molecular weight is 435 g/mol. The Hall–Kier alpha value is -3.03. The Morgan fingerprint density at radius 1 is 0.742 bits per heavy atom. The zero-order valence-electron chi connectivity index (χ0n) is 18.6. The van der Waals surface area contributed by atoms with Crippen molar-refractivity contribution >= 4 is 8.60 Å². The van der Waals surface area contributed by atoms with Gasteiger partial charge in [-0.15, -0.1) is 0 Å². The maximum Gasteiger partial charge on any atom is 0.529 e. The van der Waals surface area contributed by atoms with Crippen molar-refractivity contribution in [1.29, 1.82) is 0 Å². The number of allylic oxidation sites excluding steroid dienone is 4. The molecule has 3 aromatic carbocycles. The van der Waals surface area contributed by atoms with Crippen LogP contribution in [0.2, 0.25) is 0 Å². The molecule has 3 rings (SSSR count). The van der Waals surface area contributed by atoms with Crippen LogP contribution in [-0.4, -0.2) is 0 Å². The molecule has 0 saturated carbocycles. The second-order valence-electron chi connectivity index (χ2n) is 6.35. The molecule has 0 fully saturated rings. The fourth-order valence-corrected chi connectivity index (χ4v) is 3.72. The number of benzene rings is 3. The van der Waals surface area contributed by atoms with Crippen molar-refractivity contribution < 1.29 is 13.6 Å². The van der Waals surface area contributed by atoms with E-state index in [1.165, 1.54) is 0 Å². The third kappa shape index (κ3) is 8.32. The summed E-state index contributed by atoms with van der Waals surface area (Å²) in [4.78, 5) is 0. The van der Waals surface area contributed by atoms with Crippen LogP contribution in [0, 0.1) is 0 Å². The molecule has 0 saturated heterocycles. The minimum Gasteiger partial charge on any atom is -0.412 e. The molecule has 0 spiro atoms. The predicted octanol–water partition coefficient (Wildman–Crippen LogP) is 8.68. The van der Waals surface area contributed by atoms with Crippen LogP contribution >= 0.6 is 8.60 Å². The van der Waals surface area contributed by atoms with Gasteiger partial charge in [-0.3, -0.25) is 0 Å². The second kappa shape index (κ2) is 14.1. The standard InChI is InChI=1S/C25H25O3P.C2H6/c1-3-4-20-25(21(2)22-14-8-5-9-15-22)28-29(26-23-16-10-6-11-17-23)27-24-18-12-7-13-19-24;1-2/h3-21H,1-2H3;1-2H3/b4-3-,25-20+;. The highest BCUT2D eigenvalue weighted by Gasteiger charge is 2.24. The third-order valence-electron chi connectivity index (χ3n) is 4.21. The first-order valence-electron chi connectivity index (χ1n) is 10.6. The predicted molar refractivity (Wildman–Crippen MR) is 131 cm³/mol. The first kappa shape index (κ1) is 24.2. The van der Waals surface area contributed by atoms with E-state index in [1.54, 1.807) is 0 Å². The van der Waals surface area contributed by atoms with Gasteiger partial charge >= 0.3 is 8.60 Å². The summed E-state index contributed by atoms with van der Waals surface area (Å²) >= 11 is 0. The average Bonchev–Trinajstić information content (AvgIpc) is 2.84. The largest absolute Gasteiger partial charge is 0.529 e. The van der Waals surface area contributed by atoms with Crippen molar-refractivity contribution in [2.24, 2.45) is 0 Å². The molecule has 0 aliphatic carbocycles. The molecule has 0 amide bonds. The van der Waals surface area contributed by atoms with Gasteiger partial charge < -0.3 is 13.6 Å². The smallest absolute Gasteiger partial charge is 0.412 e. The molecular weight excluding hydrogens is 403 g/mol. The van der Waals surface area contributed by atoms with Crippen LogP contribution in [-0.2, 0) is 4.52 Å². The molecule has 31 heavy (non-hydrogen) atoms. The van der Waals surface area contributed by atoms with Gasteiger partial charge in [0.25, 0.3) is 0 Å². The lowest BCUT2D eigenvalue weighted by molar-refractivity contribution is 0.315. The minimum atomic E-state index is -1.69. The van der Waals surface area contributed by atoms with E-state index < -0.39 is 8.60 Å². The zero-order chi connectivity index (χ0) is 22.3. The van der Waals surface area contributed by atoms with Crippen LogP contribution in [0.4, 0.5) is 0 Å². The molecule has 0 N–H and O–H groups in total. The van der Waals surface area contributed by atoms with E-state index in [9.17, 15) is 0 Å². The molecule has 4 heteroatoms. The van der Waals surface area contributed by atoms with Crippen molar-refractivity contribution in [1.82, 2.24) is 0 Å². The SMILES string of the molecule is C/C=C\C=C(\OP(Oc1ccccc1)Oc1ccccc1)C(C)c1ccccc1.CC. The molecule has 0 bridgehead atoms. The lowest BCUT2D eigenvalue weighted by Gasteiger charge is -2.22. The highest BCUT2D eigenvalue weighted by atomic mass is 31.2. The molecule has 3 nitrogen and oxygen atoms in total. The highest BCUT2D eigenvalue weighted by Crippen LogP contribution is 2.45. The molecule has 0 aliphatic rings. The lowest BCUT2D eigenvalue weighted by atomic mass is 9.99. The van der Waals surface area contributed by atoms with Gasteiger partial charge in [-0.1, -0.05) is 99.7 Å². The van der Waals surface area contributed by atoms with E-state index in [0.29, 0.717) is 11.5 Å². The van der Waals surface area contributed by atoms with Crippen LogP contribution in [0.5, 0.6) is 11.5 Å². The van der Waals surface area contributed by atoms with Gasteiger partial charge in [-0.2, -0.15) is 0 Å². The normalized spacial score (nSPS) is 12.1. The summed E-state index contributed by atoms with van der Waals surface area (Å²) in [6.45, 7) is 8.09. The Balaban J connectivity index is 0.00000166. The van der Waals surface area contributed by atoms with Crippen LogP contribution < -0.4 is 9.05 Å². The summed E-state index contributed by atoms with van der Waals surface area (Å²) < 4.78 is 18.4. The van der Waals surface area contributed by atoms with E-state index in [4.69, 9.17) is 13.6 Å². The monoisotopic (exact) mass is 434 g/mol. The van der Waals surface area contributed by atoms with E-state index in [-0.39, 0.29) is 5.92 Å². The second-order valence-corrected chi connectivity index (χ2v) is 7.35. The summed E-state index contributed by atoms with van der Waals surface area (Å²) in [6.07, 6.45) is 5.91. The zero-order valence-corrected chi connectivity index (χ0v) is 19.5. The fourth-order valence-electron chi connectivity index (χ4n) is 2.63. The van der Waals surface area contributed by atoms with Gasteiger partial charge in [-0.25, -0.2) is 0 Å². The Bertz CT molecular complexity index is 867. The number of hydrogen-bond donors (Lipinski definition) is 0. The van der Waals surface area contributed by atoms with E-state index in [0.717, 1.165) is 11.3 Å². The van der Waals surface area contributed by atoms with Gasteiger partial charge in [0.15, 0.2) is 0 Å². The Kier molecular flexibility index (Phi) is 11.0. The van der Waals surface area contributed by atoms with Gasteiger partial charge in [-0.05, 0) is 42.8 Å². The molecular formula is C27H31O3P. The highest BCUT2D eigenvalue weighted by molar-refractivity contribution is 7.42. The van der Waals surface area contributed by atoms with Gasteiger partial charge in [0.05, 0.1) is 0 Å². The molecule has 1 unspecified atom stereocenters. The number of rotatable bonds is 9. The first-order chi connectivity index (χ1) is 15.3. The van der Waals surface area contributed by atoms with Crippen molar-refractivity contribution in [2.75, 3.05) is 0 Å². The summed E-state index contributed by atoms with van der Waals surface area (Å²) in [5, 5.41) is 0. The van der Waals surface area contributed by atoms with E-state index >= 15 is 0 Å². The van der Waals surface area contributed by atoms with Gasteiger partial charge in [0.1, 0.15) is 17.3 Å². The van der Waals surface area contributed by atoms with Crippen molar-refractivity contribution in [3.05, 3.63) is 121 Å². The fraction of sp³-hybridized carbons (Fsp3) is 0.185. The van der Waals surface area contributed by atoms with E-state index in [2.05, 4.69) is 19.1 Å². The summed E-state index contributed by atoms with van der Waals surface area (Å²) in [7, 11) is -1.69. The third-order valence-corrected chi connectivity index (χ3v) is 5.29. The molecule has 0 radical (unpaired) electrons. The van der Waals surface area contributed by atoms with E-state index in [1.807, 2.05) is 118 Å². The lowest BCUT2D eigenvalue weighted by Crippen LogP contribution is -2.05. The Morgan fingerprint density at radius 3 is 1.65 bits per heavy atom. The van der Waals surface area contributed by atoms with Crippen LogP contribution in [0.3, 0.4) is 0 Å². The quantitative estimate of drug-likeness (QED) is 0.191. The van der Waals surface area contributed by atoms with Crippen molar-refractivity contribution in [3.8, 4) is 11.5 Å². The molecule has 3 aromatic rings. The molecule has 162 valence electrons. The maximum absolute atomic E-state index is 6.31. The Morgan fingerprint density at radius 2 is 1.19 bits per heavy atom. The van der Waals surface area contributed by atoms with Crippen LogP contribution in [0.1, 0.15) is 39.2 Å². The molecule has 0 heterocycles. The maximum atomic E-state index is 6.31. The molecule has 0 aromatic heterocycles. The molecule has 1 atom stereocenters. The van der Waals surface area contributed by atoms with Gasteiger partial charge in [0, 0.05) is 5.92 Å². The Labute approximate surface area is 188 Å². The minimum absolute atomic E-state index is 0.0520. The number of para-hydroxylation sites is 2. The number of hydrogen-bond acceptors (Lipinski definition) is 3. The van der Waals surface area contributed by atoms with Gasteiger partial charge in [0.2, 0.25) is 0 Å². The van der Waals surface area contributed by atoms with Crippen molar-refractivity contribution in [3.63, 3.8) is 0 Å². The van der Waals surface area contributed by atoms with Crippen molar-refractivity contribution in [2.45, 2.75) is 33.6 Å². The summed E-state index contributed by atoms with van der Waals surface area (Å²) in [5.74, 6) is 2.24. The molecule has 0 aliphatic heterocycles.